The van der Waals surface area contributed by atoms with Crippen LogP contribution < -0.4 is 0 Å². The summed E-state index contributed by atoms with van der Waals surface area (Å²) in [6.45, 7) is 4.69. The first-order valence-corrected chi connectivity index (χ1v) is 6.74. The summed E-state index contributed by atoms with van der Waals surface area (Å²) < 4.78 is 0. The van der Waals surface area contributed by atoms with Gasteiger partial charge in [-0.3, -0.25) is 4.79 Å². The highest BCUT2D eigenvalue weighted by Crippen LogP contribution is 2.49. The second-order valence-corrected chi connectivity index (χ2v) is 5.49. The zero-order valence-corrected chi connectivity index (χ0v) is 10.5. The lowest BCUT2D eigenvalue weighted by Gasteiger charge is -2.25. The van der Waals surface area contributed by atoms with Crippen LogP contribution in [0.4, 0.5) is 0 Å². The highest BCUT2D eigenvalue weighted by molar-refractivity contribution is 5.76. The van der Waals surface area contributed by atoms with Crippen LogP contribution >= 0.6 is 0 Å². The molecule has 2 aliphatic rings. The van der Waals surface area contributed by atoms with Crippen LogP contribution in [0.25, 0.3) is 0 Å². The fourth-order valence-corrected chi connectivity index (χ4v) is 3.57. The Morgan fingerprint density at radius 3 is 2.76 bits per heavy atom. The van der Waals surface area contributed by atoms with Crippen molar-refractivity contribution in [2.75, 3.05) is 19.7 Å². The van der Waals surface area contributed by atoms with E-state index in [2.05, 4.69) is 6.58 Å². The van der Waals surface area contributed by atoms with Crippen molar-refractivity contribution in [3.8, 4) is 0 Å². The largest absolute Gasteiger partial charge is 0.395 e. The zero-order chi connectivity index (χ0) is 12.3. The van der Waals surface area contributed by atoms with Gasteiger partial charge in [0.05, 0.1) is 6.61 Å². The molecule has 3 heteroatoms. The van der Waals surface area contributed by atoms with Gasteiger partial charge in [-0.25, -0.2) is 0 Å². The number of carbonyl (C=O) groups is 1. The standard InChI is InChI=1S/C14H23NO2/c1-2-5-15(6-7-16)14(17)10-13-9-11-3-4-12(13)8-11/h2,11-13,16H,1,3-10H2. The Morgan fingerprint density at radius 1 is 1.41 bits per heavy atom. The Morgan fingerprint density at radius 2 is 2.24 bits per heavy atom. The van der Waals surface area contributed by atoms with E-state index in [-0.39, 0.29) is 12.5 Å². The fraction of sp³-hybridized carbons (Fsp3) is 0.786. The van der Waals surface area contributed by atoms with E-state index in [0.29, 0.717) is 25.4 Å². The van der Waals surface area contributed by atoms with Gasteiger partial charge in [-0.1, -0.05) is 12.5 Å². The Balaban J connectivity index is 1.84. The summed E-state index contributed by atoms with van der Waals surface area (Å²) in [6, 6.07) is 0. The maximum atomic E-state index is 12.1. The van der Waals surface area contributed by atoms with Crippen molar-refractivity contribution >= 4 is 5.91 Å². The number of rotatable bonds is 6. The van der Waals surface area contributed by atoms with Gasteiger partial charge in [0, 0.05) is 19.5 Å². The molecule has 1 N–H and O–H groups in total. The van der Waals surface area contributed by atoms with Gasteiger partial charge in [-0.15, -0.1) is 6.58 Å². The third kappa shape index (κ3) is 2.89. The molecule has 0 aromatic rings. The number of aliphatic hydroxyl groups excluding tert-OH is 1. The number of hydrogen-bond acceptors (Lipinski definition) is 2. The number of amides is 1. The quantitative estimate of drug-likeness (QED) is 0.716. The van der Waals surface area contributed by atoms with Crippen molar-refractivity contribution in [3.05, 3.63) is 12.7 Å². The molecule has 0 saturated heterocycles. The molecule has 2 bridgehead atoms. The minimum absolute atomic E-state index is 0.0380. The van der Waals surface area contributed by atoms with Gasteiger partial charge >= 0.3 is 0 Å². The van der Waals surface area contributed by atoms with Crippen molar-refractivity contribution in [2.24, 2.45) is 17.8 Å². The van der Waals surface area contributed by atoms with Gasteiger partial charge in [0.25, 0.3) is 0 Å². The molecule has 0 heterocycles. The number of hydrogen-bond donors (Lipinski definition) is 1. The summed E-state index contributed by atoms with van der Waals surface area (Å²) in [5.74, 6) is 2.48. The third-order valence-corrected chi connectivity index (χ3v) is 4.39. The van der Waals surface area contributed by atoms with E-state index < -0.39 is 0 Å². The highest BCUT2D eigenvalue weighted by atomic mass is 16.3. The van der Waals surface area contributed by atoms with Crippen LogP contribution in [0.5, 0.6) is 0 Å². The van der Waals surface area contributed by atoms with Crippen molar-refractivity contribution in [3.63, 3.8) is 0 Å². The van der Waals surface area contributed by atoms with E-state index in [1.165, 1.54) is 25.7 Å². The van der Waals surface area contributed by atoms with Crippen LogP contribution in [0, 0.1) is 17.8 Å². The molecule has 0 spiro atoms. The molecular formula is C14H23NO2. The maximum Gasteiger partial charge on any atom is 0.223 e. The molecule has 3 atom stereocenters. The fourth-order valence-electron chi connectivity index (χ4n) is 3.57. The molecule has 0 aromatic carbocycles. The molecule has 2 aliphatic carbocycles. The average Bonchev–Trinajstić information content (AvgIpc) is 2.90. The lowest BCUT2D eigenvalue weighted by molar-refractivity contribution is -0.132. The number of aliphatic hydroxyl groups is 1. The van der Waals surface area contributed by atoms with Gasteiger partial charge in [0.15, 0.2) is 0 Å². The van der Waals surface area contributed by atoms with E-state index in [1.807, 2.05) is 0 Å². The molecule has 3 unspecified atom stereocenters. The van der Waals surface area contributed by atoms with Crippen LogP contribution in [-0.2, 0) is 4.79 Å². The smallest absolute Gasteiger partial charge is 0.223 e. The third-order valence-electron chi connectivity index (χ3n) is 4.39. The van der Waals surface area contributed by atoms with Crippen LogP contribution in [0.2, 0.25) is 0 Å². The minimum atomic E-state index is 0.0380. The Kier molecular flexibility index (Phi) is 4.21. The predicted molar refractivity (Wildman–Crippen MR) is 67.4 cm³/mol. The summed E-state index contributed by atoms with van der Waals surface area (Å²) in [5, 5.41) is 8.95. The monoisotopic (exact) mass is 237 g/mol. The number of nitrogens with zero attached hydrogens (tertiary/aromatic N) is 1. The van der Waals surface area contributed by atoms with Crippen LogP contribution in [-0.4, -0.2) is 35.6 Å². The van der Waals surface area contributed by atoms with Gasteiger partial charge < -0.3 is 10.0 Å². The summed E-state index contributed by atoms with van der Waals surface area (Å²) in [4.78, 5) is 13.8. The van der Waals surface area contributed by atoms with Gasteiger partial charge in [-0.05, 0) is 37.0 Å². The van der Waals surface area contributed by atoms with Crippen LogP contribution in [0.15, 0.2) is 12.7 Å². The minimum Gasteiger partial charge on any atom is -0.395 e. The molecule has 2 rings (SSSR count). The molecular weight excluding hydrogens is 214 g/mol. The lowest BCUT2D eigenvalue weighted by atomic mass is 9.86. The van der Waals surface area contributed by atoms with Crippen molar-refractivity contribution < 1.29 is 9.90 Å². The van der Waals surface area contributed by atoms with E-state index >= 15 is 0 Å². The molecule has 0 aliphatic heterocycles. The van der Waals surface area contributed by atoms with Gasteiger partial charge in [0.1, 0.15) is 0 Å². The maximum absolute atomic E-state index is 12.1. The topological polar surface area (TPSA) is 40.5 Å². The molecule has 17 heavy (non-hydrogen) atoms. The van der Waals surface area contributed by atoms with E-state index in [9.17, 15) is 4.79 Å². The Labute approximate surface area is 103 Å². The Hall–Kier alpha value is -0.830. The molecule has 0 aromatic heterocycles. The normalized spacial score (nSPS) is 30.5. The summed E-state index contributed by atoms with van der Waals surface area (Å²) in [7, 11) is 0. The summed E-state index contributed by atoms with van der Waals surface area (Å²) in [5.41, 5.74) is 0. The van der Waals surface area contributed by atoms with Crippen LogP contribution in [0.3, 0.4) is 0 Å². The van der Waals surface area contributed by atoms with Crippen molar-refractivity contribution in [1.82, 2.24) is 4.90 Å². The highest BCUT2D eigenvalue weighted by Gasteiger charge is 2.40. The van der Waals surface area contributed by atoms with E-state index in [4.69, 9.17) is 5.11 Å². The molecule has 96 valence electrons. The number of carbonyl (C=O) groups excluding carboxylic acids is 1. The molecule has 1 amide bonds. The molecule has 2 saturated carbocycles. The van der Waals surface area contributed by atoms with E-state index in [0.717, 1.165) is 11.8 Å². The van der Waals surface area contributed by atoms with Gasteiger partial charge in [0.2, 0.25) is 5.91 Å². The Bertz CT molecular complexity index is 290. The van der Waals surface area contributed by atoms with E-state index in [1.54, 1.807) is 11.0 Å². The van der Waals surface area contributed by atoms with Crippen LogP contribution in [0.1, 0.15) is 32.1 Å². The van der Waals surface area contributed by atoms with Crippen molar-refractivity contribution in [1.29, 1.82) is 0 Å². The second kappa shape index (κ2) is 5.67. The van der Waals surface area contributed by atoms with Gasteiger partial charge in [-0.2, -0.15) is 0 Å². The zero-order valence-electron chi connectivity index (χ0n) is 10.5. The SMILES string of the molecule is C=CCN(CCO)C(=O)CC1CC2CCC1C2. The molecule has 2 fully saturated rings. The number of fused-ring (bicyclic) bond motifs is 2. The first kappa shape index (κ1) is 12.6. The first-order chi connectivity index (χ1) is 8.24. The second-order valence-electron chi connectivity index (χ2n) is 5.49. The van der Waals surface area contributed by atoms with Crippen molar-refractivity contribution in [2.45, 2.75) is 32.1 Å². The lowest BCUT2D eigenvalue weighted by Crippen LogP contribution is -2.35. The predicted octanol–water partition coefficient (Wildman–Crippen LogP) is 1.82. The molecule has 3 nitrogen and oxygen atoms in total. The summed E-state index contributed by atoms with van der Waals surface area (Å²) in [6.07, 6.45) is 7.70. The molecule has 0 radical (unpaired) electrons. The first-order valence-electron chi connectivity index (χ1n) is 6.74. The summed E-state index contributed by atoms with van der Waals surface area (Å²) >= 11 is 0. The average molecular weight is 237 g/mol.